The summed E-state index contributed by atoms with van der Waals surface area (Å²) in [5.74, 6) is -2.29. The number of aliphatic carboxylic acids is 2. The van der Waals surface area contributed by atoms with E-state index in [1.165, 1.54) is 6.26 Å². The van der Waals surface area contributed by atoms with Gasteiger partial charge in [0, 0.05) is 31.0 Å². The van der Waals surface area contributed by atoms with Crippen LogP contribution in [0, 0.1) is 0 Å². The van der Waals surface area contributed by atoms with Gasteiger partial charge in [0.05, 0.1) is 5.75 Å². The molecular formula is C10H19NO6S. The van der Waals surface area contributed by atoms with E-state index >= 15 is 0 Å². The monoisotopic (exact) mass is 281 g/mol. The standard InChI is InChI=1S/C6H15NO2S.C4H4O4/c1-6(2)7-4-5-10(3,8)9;5-3(6)1-2-4(7)8/h6-7H,4-5H2,1-3H3;1-2H,(H,5,6)(H,7,8)/b;2-1+. The van der Waals surface area contributed by atoms with Crippen molar-refractivity contribution in [2.45, 2.75) is 19.9 Å². The highest BCUT2D eigenvalue weighted by atomic mass is 32.2. The number of rotatable bonds is 6. The molecule has 0 aromatic heterocycles. The van der Waals surface area contributed by atoms with Crippen LogP contribution >= 0.6 is 0 Å². The zero-order valence-electron chi connectivity index (χ0n) is 10.6. The molecule has 0 aromatic rings. The molecule has 0 bridgehead atoms. The van der Waals surface area contributed by atoms with Crippen molar-refractivity contribution in [1.29, 1.82) is 0 Å². The summed E-state index contributed by atoms with van der Waals surface area (Å²) in [4.78, 5) is 19.1. The van der Waals surface area contributed by atoms with Gasteiger partial charge in [-0.25, -0.2) is 18.0 Å². The Morgan fingerprint density at radius 2 is 1.56 bits per heavy atom. The first-order valence-corrected chi connectivity index (χ1v) is 7.15. The van der Waals surface area contributed by atoms with E-state index in [-0.39, 0.29) is 5.75 Å². The molecule has 8 heteroatoms. The van der Waals surface area contributed by atoms with E-state index in [1.807, 2.05) is 13.8 Å². The Morgan fingerprint density at radius 1 is 1.17 bits per heavy atom. The Hall–Kier alpha value is -1.41. The molecule has 0 fully saturated rings. The van der Waals surface area contributed by atoms with Gasteiger partial charge in [-0.15, -0.1) is 0 Å². The summed E-state index contributed by atoms with van der Waals surface area (Å²) in [6, 6.07) is 0.363. The van der Waals surface area contributed by atoms with Crippen molar-refractivity contribution < 1.29 is 28.2 Å². The lowest BCUT2D eigenvalue weighted by Crippen LogP contribution is -2.28. The van der Waals surface area contributed by atoms with Crippen molar-refractivity contribution in [3.63, 3.8) is 0 Å². The van der Waals surface area contributed by atoms with Gasteiger partial charge in [0.25, 0.3) is 0 Å². The molecule has 0 heterocycles. The minimum Gasteiger partial charge on any atom is -0.478 e. The van der Waals surface area contributed by atoms with Crippen LogP contribution in [0.2, 0.25) is 0 Å². The Kier molecular flexibility index (Phi) is 10.1. The van der Waals surface area contributed by atoms with Crippen LogP contribution in [0.25, 0.3) is 0 Å². The molecule has 0 aliphatic heterocycles. The predicted molar refractivity (Wildman–Crippen MR) is 67.3 cm³/mol. The summed E-state index contributed by atoms with van der Waals surface area (Å²) in [5.41, 5.74) is 0. The maximum absolute atomic E-state index is 10.6. The quantitative estimate of drug-likeness (QED) is 0.573. The Bertz CT molecular complexity index is 369. The van der Waals surface area contributed by atoms with Gasteiger partial charge in [0.15, 0.2) is 0 Å². The summed E-state index contributed by atoms with van der Waals surface area (Å²) in [5, 5.41) is 18.6. The third kappa shape index (κ3) is 24.0. The van der Waals surface area contributed by atoms with Crippen molar-refractivity contribution in [3.05, 3.63) is 12.2 Å². The number of hydrogen-bond donors (Lipinski definition) is 3. The first kappa shape index (κ1) is 18.9. The SMILES string of the molecule is CC(C)NCCS(C)(=O)=O.O=C(O)/C=C/C(=O)O. The lowest BCUT2D eigenvalue weighted by Gasteiger charge is -2.05. The molecule has 0 unspecified atom stereocenters. The van der Waals surface area contributed by atoms with Gasteiger partial charge in [-0.05, 0) is 0 Å². The number of carboxylic acid groups (broad SMARTS) is 2. The molecule has 3 N–H and O–H groups in total. The van der Waals surface area contributed by atoms with Crippen molar-refractivity contribution >= 4 is 21.8 Å². The van der Waals surface area contributed by atoms with Crippen molar-refractivity contribution in [2.75, 3.05) is 18.6 Å². The number of sulfone groups is 1. The minimum absolute atomic E-state index is 0.227. The fourth-order valence-electron chi connectivity index (χ4n) is 0.676. The molecule has 0 saturated heterocycles. The van der Waals surface area contributed by atoms with E-state index in [0.717, 1.165) is 0 Å². The summed E-state index contributed by atoms with van der Waals surface area (Å²) in [6.45, 7) is 4.53. The molecule has 18 heavy (non-hydrogen) atoms. The van der Waals surface area contributed by atoms with E-state index in [9.17, 15) is 18.0 Å². The van der Waals surface area contributed by atoms with E-state index in [4.69, 9.17) is 10.2 Å². The van der Waals surface area contributed by atoms with Gasteiger partial charge in [0.1, 0.15) is 9.84 Å². The lowest BCUT2D eigenvalue weighted by molar-refractivity contribution is -0.134. The van der Waals surface area contributed by atoms with Crippen LogP contribution in [-0.2, 0) is 19.4 Å². The first-order chi connectivity index (χ1) is 8.04. The van der Waals surface area contributed by atoms with Crippen molar-refractivity contribution in [1.82, 2.24) is 5.32 Å². The summed E-state index contributed by atoms with van der Waals surface area (Å²) in [6.07, 6.45) is 2.36. The molecule has 0 radical (unpaired) electrons. The van der Waals surface area contributed by atoms with Crippen LogP contribution in [-0.4, -0.2) is 55.2 Å². The van der Waals surface area contributed by atoms with Gasteiger partial charge >= 0.3 is 11.9 Å². The molecule has 0 saturated carbocycles. The topological polar surface area (TPSA) is 121 Å². The third-order valence-corrected chi connectivity index (χ3v) is 2.34. The molecule has 0 spiro atoms. The van der Waals surface area contributed by atoms with Crippen LogP contribution in [0.15, 0.2) is 12.2 Å². The van der Waals surface area contributed by atoms with E-state index in [2.05, 4.69) is 5.32 Å². The van der Waals surface area contributed by atoms with Gasteiger partial charge in [-0.1, -0.05) is 13.8 Å². The maximum Gasteiger partial charge on any atom is 0.328 e. The maximum atomic E-state index is 10.6. The number of hydrogen-bond acceptors (Lipinski definition) is 5. The van der Waals surface area contributed by atoms with Crippen LogP contribution < -0.4 is 5.32 Å². The number of carbonyl (C=O) groups is 2. The van der Waals surface area contributed by atoms with Gasteiger partial charge < -0.3 is 15.5 Å². The molecule has 106 valence electrons. The second-order valence-electron chi connectivity index (χ2n) is 3.75. The van der Waals surface area contributed by atoms with Crippen molar-refractivity contribution in [3.8, 4) is 0 Å². The number of carboxylic acids is 2. The Labute approximate surface area is 106 Å². The van der Waals surface area contributed by atoms with Gasteiger partial charge in [-0.2, -0.15) is 0 Å². The molecular weight excluding hydrogens is 262 g/mol. The largest absolute Gasteiger partial charge is 0.478 e. The van der Waals surface area contributed by atoms with Crippen LogP contribution in [0.1, 0.15) is 13.8 Å². The molecule has 7 nitrogen and oxygen atoms in total. The average molecular weight is 281 g/mol. The molecule has 0 aliphatic rings. The highest BCUT2D eigenvalue weighted by Gasteiger charge is 2.00. The van der Waals surface area contributed by atoms with Gasteiger partial charge in [-0.3, -0.25) is 0 Å². The fourth-order valence-corrected chi connectivity index (χ4v) is 1.16. The summed E-state index contributed by atoms with van der Waals surface area (Å²) in [7, 11) is -2.78. The van der Waals surface area contributed by atoms with Crippen LogP contribution in [0.4, 0.5) is 0 Å². The fraction of sp³-hybridized carbons (Fsp3) is 0.600. The van der Waals surface area contributed by atoms with Crippen LogP contribution in [0.3, 0.4) is 0 Å². The normalized spacial score (nSPS) is 11.1. The lowest BCUT2D eigenvalue weighted by atomic mass is 10.4. The van der Waals surface area contributed by atoms with Gasteiger partial charge in [0.2, 0.25) is 0 Å². The Balaban J connectivity index is 0. The van der Waals surface area contributed by atoms with E-state index in [1.54, 1.807) is 0 Å². The van der Waals surface area contributed by atoms with Crippen LogP contribution in [0.5, 0.6) is 0 Å². The third-order valence-electron chi connectivity index (χ3n) is 1.39. The van der Waals surface area contributed by atoms with Crippen molar-refractivity contribution in [2.24, 2.45) is 0 Å². The first-order valence-electron chi connectivity index (χ1n) is 5.09. The molecule has 0 aliphatic carbocycles. The Morgan fingerprint density at radius 3 is 1.78 bits per heavy atom. The van der Waals surface area contributed by atoms with E-state index in [0.29, 0.717) is 24.7 Å². The highest BCUT2D eigenvalue weighted by molar-refractivity contribution is 7.90. The zero-order chi connectivity index (χ0) is 14.8. The predicted octanol–water partition coefficient (Wildman–Crippen LogP) is -0.259. The molecule has 0 amide bonds. The average Bonchev–Trinajstić information content (AvgIpc) is 2.13. The number of nitrogens with one attached hydrogen (secondary N) is 1. The second-order valence-corrected chi connectivity index (χ2v) is 6.01. The smallest absolute Gasteiger partial charge is 0.328 e. The highest BCUT2D eigenvalue weighted by Crippen LogP contribution is 1.81. The molecule has 0 rings (SSSR count). The molecule has 0 atom stereocenters. The summed E-state index contributed by atoms with van der Waals surface area (Å²) >= 11 is 0. The molecule has 0 aromatic carbocycles. The van der Waals surface area contributed by atoms with E-state index < -0.39 is 21.8 Å². The minimum atomic E-state index is -2.78. The zero-order valence-corrected chi connectivity index (χ0v) is 11.4. The second kappa shape index (κ2) is 9.60. The summed E-state index contributed by atoms with van der Waals surface area (Å²) < 4.78 is 21.1.